The van der Waals surface area contributed by atoms with Crippen molar-refractivity contribution in [3.05, 3.63) is 41.6 Å². The Morgan fingerprint density at radius 2 is 2.05 bits per heavy atom. The van der Waals surface area contributed by atoms with Crippen molar-refractivity contribution in [3.8, 4) is 23.1 Å². The zero-order chi connectivity index (χ0) is 14.5. The van der Waals surface area contributed by atoms with Crippen molar-refractivity contribution in [1.82, 2.24) is 4.98 Å². The maximum Gasteiger partial charge on any atom is 0.168 e. The van der Waals surface area contributed by atoms with Gasteiger partial charge in [-0.15, -0.1) is 11.8 Å². The lowest BCUT2D eigenvalue weighted by molar-refractivity contribution is 0.111. The number of aromatic nitrogens is 1. The molecule has 0 atom stereocenters. The molecule has 2 rings (SSSR count). The number of hydrogen-bond acceptors (Lipinski definition) is 5. The summed E-state index contributed by atoms with van der Waals surface area (Å²) in [5, 5.41) is 9.34. The number of thioether (sulfide) groups is 1. The average Bonchev–Trinajstić information content (AvgIpc) is 2.53. The van der Waals surface area contributed by atoms with Gasteiger partial charge in [-0.05, 0) is 36.6 Å². The molecule has 0 spiro atoms. The van der Waals surface area contributed by atoms with Crippen LogP contribution < -0.4 is 4.74 Å². The normalized spacial score (nSPS) is 9.85. The summed E-state index contributed by atoms with van der Waals surface area (Å²) in [5.74, 6) is 0.726. The first-order valence-electron chi connectivity index (χ1n) is 5.82. The largest absolute Gasteiger partial charge is 0.497 e. The summed E-state index contributed by atoms with van der Waals surface area (Å²) in [7, 11) is 1.59. The van der Waals surface area contributed by atoms with Gasteiger partial charge in [0.15, 0.2) is 6.29 Å². The molecule has 0 N–H and O–H groups in total. The van der Waals surface area contributed by atoms with E-state index < -0.39 is 0 Å². The Kier molecular flexibility index (Phi) is 4.38. The predicted molar refractivity (Wildman–Crippen MR) is 78.1 cm³/mol. The molecule has 1 heterocycles. The van der Waals surface area contributed by atoms with E-state index in [1.54, 1.807) is 25.3 Å². The van der Waals surface area contributed by atoms with Crippen molar-refractivity contribution >= 4 is 18.0 Å². The minimum absolute atomic E-state index is 0.319. The van der Waals surface area contributed by atoms with E-state index in [0.29, 0.717) is 23.2 Å². The lowest BCUT2D eigenvalue weighted by Gasteiger charge is -2.09. The van der Waals surface area contributed by atoms with E-state index in [9.17, 15) is 10.1 Å². The van der Waals surface area contributed by atoms with Gasteiger partial charge in [0.25, 0.3) is 0 Å². The molecule has 0 aliphatic heterocycles. The lowest BCUT2D eigenvalue weighted by atomic mass is 10.1. The monoisotopic (exact) mass is 284 g/mol. The minimum Gasteiger partial charge on any atom is -0.497 e. The minimum atomic E-state index is 0.319. The van der Waals surface area contributed by atoms with Crippen molar-refractivity contribution in [2.24, 2.45) is 0 Å². The van der Waals surface area contributed by atoms with Crippen LogP contribution in [0.3, 0.4) is 0 Å². The summed E-state index contributed by atoms with van der Waals surface area (Å²) < 4.78 is 5.11. The van der Waals surface area contributed by atoms with E-state index in [4.69, 9.17) is 4.74 Å². The second-order valence-corrected chi connectivity index (χ2v) is 4.78. The van der Waals surface area contributed by atoms with Gasteiger partial charge in [0.2, 0.25) is 0 Å². The number of aldehydes is 1. The quantitative estimate of drug-likeness (QED) is 0.637. The molecular formula is C15H12N2O2S. The molecule has 0 amide bonds. The van der Waals surface area contributed by atoms with E-state index in [-0.39, 0.29) is 0 Å². The van der Waals surface area contributed by atoms with Crippen LogP contribution in [0.15, 0.2) is 35.2 Å². The number of nitriles is 1. The fourth-order valence-electron chi connectivity index (χ4n) is 1.83. The topological polar surface area (TPSA) is 63.0 Å². The molecule has 0 aliphatic carbocycles. The van der Waals surface area contributed by atoms with Crippen LogP contribution in [0.4, 0.5) is 0 Å². The number of carbonyl (C=O) groups is 1. The molecule has 2 aromatic rings. The molecule has 0 unspecified atom stereocenters. The van der Waals surface area contributed by atoms with E-state index in [1.807, 2.05) is 18.4 Å². The highest BCUT2D eigenvalue weighted by atomic mass is 32.2. The van der Waals surface area contributed by atoms with Gasteiger partial charge in [0.05, 0.1) is 18.4 Å². The number of carbonyl (C=O) groups excluding carboxylic acids is 1. The number of hydrogen-bond donors (Lipinski definition) is 0. The SMILES string of the molecule is COc1ccc(-c2nc(C=O)cc(SC)c2C#N)cc1. The third kappa shape index (κ3) is 2.65. The van der Waals surface area contributed by atoms with Gasteiger partial charge in [-0.1, -0.05) is 0 Å². The van der Waals surface area contributed by atoms with Crippen LogP contribution in [-0.4, -0.2) is 24.6 Å². The molecule has 0 saturated heterocycles. The van der Waals surface area contributed by atoms with Gasteiger partial charge in [-0.3, -0.25) is 4.79 Å². The molecule has 5 heteroatoms. The van der Waals surface area contributed by atoms with Crippen LogP contribution in [0.1, 0.15) is 16.1 Å². The third-order valence-corrected chi connectivity index (χ3v) is 3.58. The van der Waals surface area contributed by atoms with Crippen molar-refractivity contribution in [1.29, 1.82) is 5.26 Å². The molecule has 0 saturated carbocycles. The van der Waals surface area contributed by atoms with E-state index >= 15 is 0 Å². The van der Waals surface area contributed by atoms with E-state index in [0.717, 1.165) is 16.2 Å². The summed E-state index contributed by atoms with van der Waals surface area (Å²) >= 11 is 1.42. The fraction of sp³-hybridized carbons (Fsp3) is 0.133. The van der Waals surface area contributed by atoms with Crippen LogP contribution in [0, 0.1) is 11.3 Å². The number of ether oxygens (including phenoxy) is 1. The van der Waals surface area contributed by atoms with Gasteiger partial charge in [-0.25, -0.2) is 4.98 Å². The molecule has 1 aromatic carbocycles. The van der Waals surface area contributed by atoms with Crippen molar-refractivity contribution in [3.63, 3.8) is 0 Å². The van der Waals surface area contributed by atoms with Crippen LogP contribution in [0.2, 0.25) is 0 Å². The molecule has 1 aromatic heterocycles. The van der Waals surface area contributed by atoms with Crippen molar-refractivity contribution < 1.29 is 9.53 Å². The number of rotatable bonds is 4. The van der Waals surface area contributed by atoms with Crippen LogP contribution in [0.25, 0.3) is 11.3 Å². The standard InChI is InChI=1S/C15H12N2O2S/c1-19-12-5-3-10(4-6-12)15-13(8-16)14(20-2)7-11(9-18)17-15/h3-7,9H,1-2H3. The van der Waals surface area contributed by atoms with Crippen LogP contribution in [0.5, 0.6) is 5.75 Å². The first kappa shape index (κ1) is 14.1. The average molecular weight is 284 g/mol. The summed E-state index contributed by atoms with van der Waals surface area (Å²) in [6, 6.07) is 11.0. The van der Waals surface area contributed by atoms with Crippen LogP contribution >= 0.6 is 11.8 Å². The smallest absolute Gasteiger partial charge is 0.168 e. The summed E-state index contributed by atoms with van der Waals surface area (Å²) in [4.78, 5) is 16.0. The Balaban J connectivity index is 2.64. The Labute approximate surface area is 121 Å². The second kappa shape index (κ2) is 6.22. The third-order valence-electron chi connectivity index (χ3n) is 2.82. The van der Waals surface area contributed by atoms with E-state index in [2.05, 4.69) is 11.1 Å². The Bertz CT molecular complexity index is 676. The highest BCUT2D eigenvalue weighted by Crippen LogP contribution is 2.30. The Morgan fingerprint density at radius 3 is 2.55 bits per heavy atom. The van der Waals surface area contributed by atoms with Crippen molar-refractivity contribution in [2.45, 2.75) is 4.90 Å². The van der Waals surface area contributed by atoms with E-state index in [1.165, 1.54) is 11.8 Å². The maximum atomic E-state index is 11.0. The summed E-state index contributed by atoms with van der Waals surface area (Å²) in [6.07, 6.45) is 2.55. The number of pyridine rings is 1. The molecule has 4 nitrogen and oxygen atoms in total. The number of methoxy groups -OCH3 is 1. The zero-order valence-electron chi connectivity index (χ0n) is 11.1. The van der Waals surface area contributed by atoms with Crippen LogP contribution in [-0.2, 0) is 0 Å². The first-order valence-corrected chi connectivity index (χ1v) is 7.04. The highest BCUT2D eigenvalue weighted by Gasteiger charge is 2.13. The molecule has 0 aliphatic rings. The Hall–Kier alpha value is -2.32. The Morgan fingerprint density at radius 1 is 1.35 bits per heavy atom. The first-order chi connectivity index (χ1) is 9.73. The lowest BCUT2D eigenvalue weighted by Crippen LogP contribution is -1.97. The summed E-state index contributed by atoms with van der Waals surface area (Å²) in [5.41, 5.74) is 2.10. The zero-order valence-corrected chi connectivity index (χ0v) is 11.9. The molecule has 0 bridgehead atoms. The molecule has 0 radical (unpaired) electrons. The highest BCUT2D eigenvalue weighted by molar-refractivity contribution is 7.98. The van der Waals surface area contributed by atoms with Gasteiger partial charge >= 0.3 is 0 Å². The van der Waals surface area contributed by atoms with Gasteiger partial charge in [0, 0.05) is 10.5 Å². The predicted octanol–water partition coefficient (Wildman–Crippen LogP) is 3.16. The molecular weight excluding hydrogens is 272 g/mol. The fourth-order valence-corrected chi connectivity index (χ4v) is 2.41. The molecule has 20 heavy (non-hydrogen) atoms. The van der Waals surface area contributed by atoms with Gasteiger partial charge in [0.1, 0.15) is 17.5 Å². The van der Waals surface area contributed by atoms with Crippen molar-refractivity contribution in [2.75, 3.05) is 13.4 Å². The summed E-state index contributed by atoms with van der Waals surface area (Å²) in [6.45, 7) is 0. The maximum absolute atomic E-state index is 11.0. The number of benzene rings is 1. The number of nitrogens with zero attached hydrogens (tertiary/aromatic N) is 2. The molecule has 100 valence electrons. The van der Waals surface area contributed by atoms with Gasteiger partial charge < -0.3 is 4.74 Å². The second-order valence-electron chi connectivity index (χ2n) is 3.93. The molecule has 0 fully saturated rings. The van der Waals surface area contributed by atoms with Gasteiger partial charge in [-0.2, -0.15) is 5.26 Å².